The number of rotatable bonds is 6. The first-order valence-corrected chi connectivity index (χ1v) is 14.6. The van der Waals surface area contributed by atoms with Gasteiger partial charge in [0.1, 0.15) is 11.6 Å². The number of carbonyl (C=O) groups is 2. The summed E-state index contributed by atoms with van der Waals surface area (Å²) in [5.41, 5.74) is 0.417. The molecule has 0 spiro atoms. The Labute approximate surface area is 221 Å². The van der Waals surface area contributed by atoms with Crippen LogP contribution in [0.25, 0.3) is 0 Å². The van der Waals surface area contributed by atoms with Crippen molar-refractivity contribution < 1.29 is 26.8 Å². The molecule has 0 saturated carbocycles. The van der Waals surface area contributed by atoms with Gasteiger partial charge in [0.25, 0.3) is 5.91 Å². The van der Waals surface area contributed by atoms with E-state index in [-0.39, 0.29) is 23.5 Å². The molecule has 2 aromatic carbocycles. The lowest BCUT2D eigenvalue weighted by atomic mass is 9.90. The van der Waals surface area contributed by atoms with Crippen molar-refractivity contribution in [1.82, 2.24) is 19.6 Å². The van der Waals surface area contributed by atoms with E-state index in [1.807, 2.05) is 0 Å². The van der Waals surface area contributed by atoms with Gasteiger partial charge >= 0.3 is 6.03 Å². The third-order valence-electron chi connectivity index (χ3n) is 8.12. The van der Waals surface area contributed by atoms with Gasteiger partial charge < -0.3 is 0 Å². The number of hydrazine groups is 1. The first kappa shape index (κ1) is 26.7. The zero-order valence-corrected chi connectivity index (χ0v) is 22.1. The molecular weight excluding hydrogens is 514 g/mol. The number of halogens is 2. The predicted molar refractivity (Wildman–Crippen MR) is 137 cm³/mol. The summed E-state index contributed by atoms with van der Waals surface area (Å²) in [4.78, 5) is 25.8. The largest absolute Gasteiger partial charge is 0.339 e. The van der Waals surface area contributed by atoms with Crippen LogP contribution in [0.1, 0.15) is 55.6 Å². The molecule has 3 fully saturated rings. The summed E-state index contributed by atoms with van der Waals surface area (Å²) in [7, 11) is -3.87. The van der Waals surface area contributed by atoms with Crippen molar-refractivity contribution in [2.24, 2.45) is 0 Å². The van der Waals surface area contributed by atoms with E-state index in [1.54, 1.807) is 29.3 Å². The van der Waals surface area contributed by atoms with E-state index in [1.165, 1.54) is 40.5 Å². The standard InChI is InChI=1S/C27H32F2N4O4S/c1-27(18-38(36,37)32-16-12-22(13-17-32)20-4-8-24(29)9-5-20)25(34)30-26(35)33(27)31-14-10-21(11-15-31)19-2-6-23(28)7-3-19/h2-9,21-22H,10-18H2,1H3,(H,30,34,35)/t27-/m1/s1. The SMILES string of the molecule is C[C@@]1(CS(=O)(=O)N2CCC(c3ccc(F)cc3)CC2)C(=O)NC(=O)N1N1CCC(c2ccc(F)cc2)CC1. The molecule has 0 unspecified atom stereocenters. The average Bonchev–Trinajstić information content (AvgIpc) is 3.11. The van der Waals surface area contributed by atoms with E-state index in [4.69, 9.17) is 0 Å². The number of amides is 3. The van der Waals surface area contributed by atoms with Crippen LogP contribution in [0, 0.1) is 11.6 Å². The maximum Gasteiger partial charge on any atom is 0.339 e. The highest BCUT2D eigenvalue weighted by molar-refractivity contribution is 7.89. The predicted octanol–water partition coefficient (Wildman–Crippen LogP) is 3.58. The molecule has 3 aliphatic heterocycles. The summed E-state index contributed by atoms with van der Waals surface area (Å²) in [5, 5.41) is 5.36. The van der Waals surface area contributed by atoms with E-state index < -0.39 is 33.3 Å². The molecule has 0 aromatic heterocycles. The van der Waals surface area contributed by atoms with E-state index in [0.717, 1.165) is 11.1 Å². The Morgan fingerprint density at radius 1 is 0.816 bits per heavy atom. The zero-order chi connectivity index (χ0) is 27.1. The third-order valence-corrected chi connectivity index (χ3v) is 10.2. The van der Waals surface area contributed by atoms with Gasteiger partial charge in [-0.3, -0.25) is 10.1 Å². The lowest BCUT2D eigenvalue weighted by Crippen LogP contribution is -2.61. The number of nitrogens with zero attached hydrogens (tertiary/aromatic N) is 3. The second-order valence-electron chi connectivity index (χ2n) is 10.6. The number of benzene rings is 2. The first-order valence-electron chi connectivity index (χ1n) is 13.0. The van der Waals surface area contributed by atoms with Crippen LogP contribution in [0.2, 0.25) is 0 Å². The van der Waals surface area contributed by atoms with Gasteiger partial charge in [0.05, 0.1) is 5.75 Å². The molecule has 3 saturated heterocycles. The second-order valence-corrected chi connectivity index (χ2v) is 12.6. The van der Waals surface area contributed by atoms with Gasteiger partial charge in [-0.15, -0.1) is 0 Å². The van der Waals surface area contributed by atoms with Crippen molar-refractivity contribution in [1.29, 1.82) is 0 Å². The molecule has 3 heterocycles. The highest BCUT2D eigenvalue weighted by atomic mass is 32.2. The minimum Gasteiger partial charge on any atom is -0.275 e. The Morgan fingerprint density at radius 2 is 1.26 bits per heavy atom. The highest BCUT2D eigenvalue weighted by Gasteiger charge is 2.55. The minimum absolute atomic E-state index is 0.132. The van der Waals surface area contributed by atoms with Crippen molar-refractivity contribution in [2.75, 3.05) is 31.9 Å². The summed E-state index contributed by atoms with van der Waals surface area (Å²) in [6.45, 7) is 3.00. The molecule has 0 aliphatic carbocycles. The maximum atomic E-state index is 13.5. The number of imide groups is 1. The fourth-order valence-electron chi connectivity index (χ4n) is 5.96. The molecule has 0 radical (unpaired) electrons. The number of sulfonamides is 1. The third kappa shape index (κ3) is 5.19. The lowest BCUT2D eigenvalue weighted by molar-refractivity contribution is -0.132. The normalized spacial score (nSPS) is 24.7. The van der Waals surface area contributed by atoms with Crippen LogP contribution in [0.3, 0.4) is 0 Å². The Balaban J connectivity index is 1.25. The number of urea groups is 1. The van der Waals surface area contributed by atoms with E-state index in [0.29, 0.717) is 51.9 Å². The summed E-state index contributed by atoms with van der Waals surface area (Å²) < 4.78 is 55.0. The van der Waals surface area contributed by atoms with E-state index in [9.17, 15) is 26.8 Å². The van der Waals surface area contributed by atoms with Crippen LogP contribution in [0.5, 0.6) is 0 Å². The summed E-state index contributed by atoms with van der Waals surface area (Å²) in [6, 6.07) is 12.0. The highest BCUT2D eigenvalue weighted by Crippen LogP contribution is 2.35. The van der Waals surface area contributed by atoms with Crippen LogP contribution in [0.4, 0.5) is 13.6 Å². The van der Waals surface area contributed by atoms with Gasteiger partial charge in [0.15, 0.2) is 5.54 Å². The fourth-order valence-corrected chi connectivity index (χ4v) is 7.87. The van der Waals surface area contributed by atoms with Crippen LogP contribution in [0.15, 0.2) is 48.5 Å². The van der Waals surface area contributed by atoms with Gasteiger partial charge in [-0.2, -0.15) is 0 Å². The van der Waals surface area contributed by atoms with Gasteiger partial charge in [-0.1, -0.05) is 24.3 Å². The molecule has 3 aliphatic rings. The number of hydrogen-bond acceptors (Lipinski definition) is 5. The van der Waals surface area contributed by atoms with Crippen molar-refractivity contribution in [3.8, 4) is 0 Å². The van der Waals surface area contributed by atoms with Crippen molar-refractivity contribution in [3.63, 3.8) is 0 Å². The molecule has 38 heavy (non-hydrogen) atoms. The molecule has 1 atom stereocenters. The number of nitrogens with one attached hydrogen (secondary N) is 1. The van der Waals surface area contributed by atoms with Gasteiger partial charge in [-0.25, -0.2) is 36.3 Å². The average molecular weight is 547 g/mol. The molecule has 2 aromatic rings. The maximum absolute atomic E-state index is 13.5. The van der Waals surface area contributed by atoms with Crippen LogP contribution in [-0.4, -0.2) is 72.1 Å². The van der Waals surface area contributed by atoms with Gasteiger partial charge in [-0.05, 0) is 79.8 Å². The molecule has 11 heteroatoms. The minimum atomic E-state index is -3.87. The van der Waals surface area contributed by atoms with Crippen molar-refractivity contribution >= 4 is 22.0 Å². The number of piperidine rings is 2. The Hall–Kier alpha value is -2.89. The summed E-state index contributed by atoms with van der Waals surface area (Å²) in [5.74, 6) is -1.44. The molecule has 8 nitrogen and oxygen atoms in total. The molecule has 1 N–H and O–H groups in total. The van der Waals surface area contributed by atoms with Crippen LogP contribution in [-0.2, 0) is 14.8 Å². The van der Waals surface area contributed by atoms with Gasteiger partial charge in [0.2, 0.25) is 10.0 Å². The number of carbonyl (C=O) groups excluding carboxylic acids is 2. The molecule has 3 amide bonds. The zero-order valence-electron chi connectivity index (χ0n) is 21.3. The Bertz CT molecular complexity index is 1290. The first-order chi connectivity index (χ1) is 18.1. The van der Waals surface area contributed by atoms with Gasteiger partial charge in [0, 0.05) is 26.2 Å². The van der Waals surface area contributed by atoms with Crippen LogP contribution >= 0.6 is 0 Å². The molecular formula is C27H32F2N4O4S. The van der Waals surface area contributed by atoms with Crippen LogP contribution < -0.4 is 5.32 Å². The monoisotopic (exact) mass is 546 g/mol. The van der Waals surface area contributed by atoms with E-state index in [2.05, 4.69) is 5.32 Å². The summed E-state index contributed by atoms with van der Waals surface area (Å²) in [6.07, 6.45) is 2.55. The Morgan fingerprint density at radius 3 is 1.74 bits per heavy atom. The van der Waals surface area contributed by atoms with E-state index >= 15 is 0 Å². The molecule has 0 bridgehead atoms. The fraction of sp³-hybridized carbons (Fsp3) is 0.481. The topological polar surface area (TPSA) is 90.0 Å². The summed E-state index contributed by atoms with van der Waals surface area (Å²) >= 11 is 0. The quantitative estimate of drug-likeness (QED) is 0.560. The van der Waals surface area contributed by atoms with Crippen molar-refractivity contribution in [3.05, 3.63) is 71.3 Å². The molecule has 204 valence electrons. The second kappa shape index (κ2) is 10.3. The molecule has 5 rings (SSSR count). The smallest absolute Gasteiger partial charge is 0.275 e. The number of hydrogen-bond donors (Lipinski definition) is 1. The Kier molecular flexibility index (Phi) is 7.27. The van der Waals surface area contributed by atoms with Crippen molar-refractivity contribution in [2.45, 2.75) is 50.0 Å². The lowest BCUT2D eigenvalue weighted by Gasteiger charge is -2.43.